The maximum atomic E-state index is 5.73. The van der Waals surface area contributed by atoms with Crippen LogP contribution in [0.5, 0.6) is 0 Å². The van der Waals surface area contributed by atoms with Gasteiger partial charge in [0.2, 0.25) is 0 Å². The highest BCUT2D eigenvalue weighted by Gasteiger charge is 2.24. The summed E-state index contributed by atoms with van der Waals surface area (Å²) in [6, 6.07) is 0. The van der Waals surface area contributed by atoms with Crippen LogP contribution in [0.4, 0.5) is 0 Å². The van der Waals surface area contributed by atoms with Gasteiger partial charge in [-0.05, 0) is 38.1 Å². The summed E-state index contributed by atoms with van der Waals surface area (Å²) in [6.45, 7) is 6.66. The molecule has 2 nitrogen and oxygen atoms in total. The minimum Gasteiger partial charge on any atom is -0.378 e. The number of hydrogen-bond acceptors (Lipinski definition) is 2. The van der Waals surface area contributed by atoms with E-state index < -0.39 is 0 Å². The van der Waals surface area contributed by atoms with Crippen LogP contribution in [0.3, 0.4) is 0 Å². The fourth-order valence-electron chi connectivity index (χ4n) is 2.14. The van der Waals surface area contributed by atoms with Gasteiger partial charge in [-0.25, -0.2) is 0 Å². The van der Waals surface area contributed by atoms with Gasteiger partial charge in [-0.3, -0.25) is 0 Å². The molecule has 1 N–H and O–H groups in total. The van der Waals surface area contributed by atoms with Gasteiger partial charge in [0.25, 0.3) is 0 Å². The van der Waals surface area contributed by atoms with E-state index >= 15 is 0 Å². The number of hydrogen-bond donors (Lipinski definition) is 1. The van der Waals surface area contributed by atoms with E-state index in [1.807, 2.05) is 7.05 Å². The fraction of sp³-hybridized carbons (Fsp3) is 1.00. The van der Waals surface area contributed by atoms with Crippen molar-refractivity contribution < 1.29 is 4.74 Å². The molecule has 0 aromatic rings. The second-order valence-electron chi connectivity index (χ2n) is 4.89. The van der Waals surface area contributed by atoms with Gasteiger partial charge >= 0.3 is 0 Å². The van der Waals surface area contributed by atoms with Gasteiger partial charge in [0.05, 0.1) is 6.10 Å². The Morgan fingerprint density at radius 1 is 1.36 bits per heavy atom. The quantitative estimate of drug-likeness (QED) is 0.788. The van der Waals surface area contributed by atoms with Crippen molar-refractivity contribution in [1.29, 1.82) is 0 Å². The van der Waals surface area contributed by atoms with Crippen molar-refractivity contribution in [1.82, 2.24) is 5.32 Å². The number of nitrogens with one attached hydrogen (secondary N) is 1. The Balaban J connectivity index is 0.00000169. The monoisotopic (exact) mass is 221 g/mol. The van der Waals surface area contributed by atoms with Crippen molar-refractivity contribution in [2.45, 2.75) is 45.6 Å². The summed E-state index contributed by atoms with van der Waals surface area (Å²) < 4.78 is 5.73. The molecule has 1 aliphatic heterocycles. The van der Waals surface area contributed by atoms with Crippen molar-refractivity contribution >= 4 is 12.4 Å². The molecule has 1 rings (SSSR count). The molecule has 0 radical (unpaired) electrons. The van der Waals surface area contributed by atoms with Gasteiger partial charge in [-0.15, -0.1) is 12.4 Å². The summed E-state index contributed by atoms with van der Waals surface area (Å²) in [4.78, 5) is 0. The highest BCUT2D eigenvalue weighted by atomic mass is 35.5. The molecule has 86 valence electrons. The zero-order valence-electron chi connectivity index (χ0n) is 9.64. The predicted molar refractivity (Wildman–Crippen MR) is 63.2 cm³/mol. The van der Waals surface area contributed by atoms with Crippen LogP contribution in [-0.2, 0) is 4.74 Å². The van der Waals surface area contributed by atoms with Crippen molar-refractivity contribution in [3.05, 3.63) is 0 Å². The van der Waals surface area contributed by atoms with E-state index in [9.17, 15) is 0 Å². The van der Waals surface area contributed by atoms with Gasteiger partial charge in [0.15, 0.2) is 0 Å². The van der Waals surface area contributed by atoms with Crippen molar-refractivity contribution in [2.75, 3.05) is 20.2 Å². The van der Waals surface area contributed by atoms with E-state index in [-0.39, 0.29) is 12.4 Å². The van der Waals surface area contributed by atoms with Crippen LogP contribution in [0.25, 0.3) is 0 Å². The third kappa shape index (κ3) is 5.18. The van der Waals surface area contributed by atoms with Crippen LogP contribution in [-0.4, -0.2) is 26.3 Å². The summed E-state index contributed by atoms with van der Waals surface area (Å²) in [6.07, 6.45) is 5.56. The minimum absolute atomic E-state index is 0. The SMILES string of the molecule is CNCC(C)(C)CC1CCCCO1.Cl. The Morgan fingerprint density at radius 2 is 2.07 bits per heavy atom. The lowest BCUT2D eigenvalue weighted by Gasteiger charge is -2.31. The van der Waals surface area contributed by atoms with E-state index in [1.54, 1.807) is 0 Å². The third-order valence-electron chi connectivity index (χ3n) is 2.71. The summed E-state index contributed by atoms with van der Waals surface area (Å²) in [5, 5.41) is 3.24. The molecule has 0 amide bonds. The lowest BCUT2D eigenvalue weighted by atomic mass is 9.84. The van der Waals surface area contributed by atoms with Crippen LogP contribution in [0.15, 0.2) is 0 Å². The number of halogens is 1. The first-order valence-corrected chi connectivity index (χ1v) is 5.40. The van der Waals surface area contributed by atoms with Gasteiger partial charge in [-0.2, -0.15) is 0 Å². The average Bonchev–Trinajstić information content (AvgIpc) is 2.04. The Bertz CT molecular complexity index is 144. The Morgan fingerprint density at radius 3 is 2.57 bits per heavy atom. The summed E-state index contributed by atoms with van der Waals surface area (Å²) in [5.74, 6) is 0. The maximum Gasteiger partial charge on any atom is 0.0580 e. The first kappa shape index (κ1) is 14.2. The molecule has 1 fully saturated rings. The van der Waals surface area contributed by atoms with Crippen LogP contribution in [0, 0.1) is 5.41 Å². The summed E-state index contributed by atoms with van der Waals surface area (Å²) >= 11 is 0. The number of ether oxygens (including phenoxy) is 1. The molecule has 1 aliphatic rings. The lowest BCUT2D eigenvalue weighted by Crippen LogP contribution is -2.33. The average molecular weight is 222 g/mol. The van der Waals surface area contributed by atoms with Gasteiger partial charge < -0.3 is 10.1 Å². The van der Waals surface area contributed by atoms with Gasteiger partial charge in [0, 0.05) is 13.2 Å². The van der Waals surface area contributed by atoms with Crippen LogP contribution < -0.4 is 5.32 Å². The van der Waals surface area contributed by atoms with Crippen molar-refractivity contribution in [2.24, 2.45) is 5.41 Å². The Hall–Kier alpha value is 0.210. The molecule has 0 aromatic carbocycles. The molecular formula is C11H24ClNO. The Labute approximate surface area is 94.2 Å². The predicted octanol–water partition coefficient (Wildman–Crippen LogP) is 2.61. The van der Waals surface area contributed by atoms with E-state index in [1.165, 1.54) is 25.7 Å². The van der Waals surface area contributed by atoms with Crippen LogP contribution in [0.2, 0.25) is 0 Å². The second-order valence-corrected chi connectivity index (χ2v) is 4.89. The smallest absolute Gasteiger partial charge is 0.0580 e. The molecule has 1 unspecified atom stereocenters. The van der Waals surface area contributed by atoms with Crippen molar-refractivity contribution in [3.8, 4) is 0 Å². The molecular weight excluding hydrogens is 198 g/mol. The fourth-order valence-corrected chi connectivity index (χ4v) is 2.14. The highest BCUT2D eigenvalue weighted by molar-refractivity contribution is 5.85. The lowest BCUT2D eigenvalue weighted by molar-refractivity contribution is -0.00930. The molecule has 3 heteroatoms. The second kappa shape index (κ2) is 6.65. The molecule has 0 saturated carbocycles. The first-order chi connectivity index (χ1) is 6.14. The van der Waals surface area contributed by atoms with Gasteiger partial charge in [0.1, 0.15) is 0 Å². The molecule has 0 bridgehead atoms. The van der Waals surface area contributed by atoms with E-state index in [2.05, 4.69) is 19.2 Å². The highest BCUT2D eigenvalue weighted by Crippen LogP contribution is 2.27. The van der Waals surface area contributed by atoms with E-state index in [0.29, 0.717) is 11.5 Å². The topological polar surface area (TPSA) is 21.3 Å². The zero-order chi connectivity index (χ0) is 9.73. The van der Waals surface area contributed by atoms with Crippen LogP contribution in [0.1, 0.15) is 39.5 Å². The third-order valence-corrected chi connectivity index (χ3v) is 2.71. The number of rotatable bonds is 4. The van der Waals surface area contributed by atoms with Crippen LogP contribution >= 0.6 is 12.4 Å². The summed E-state index contributed by atoms with van der Waals surface area (Å²) in [7, 11) is 2.02. The Kier molecular flexibility index (Phi) is 6.75. The maximum absolute atomic E-state index is 5.73. The van der Waals surface area contributed by atoms with E-state index in [0.717, 1.165) is 13.2 Å². The molecule has 1 saturated heterocycles. The molecule has 14 heavy (non-hydrogen) atoms. The summed E-state index contributed by atoms with van der Waals surface area (Å²) in [5.41, 5.74) is 0.372. The largest absolute Gasteiger partial charge is 0.378 e. The van der Waals surface area contributed by atoms with E-state index in [4.69, 9.17) is 4.74 Å². The molecule has 1 atom stereocenters. The standard InChI is InChI=1S/C11H23NO.ClH/c1-11(2,9-12-3)8-10-6-4-5-7-13-10;/h10,12H,4-9H2,1-3H3;1H. The molecule has 0 spiro atoms. The first-order valence-electron chi connectivity index (χ1n) is 5.40. The molecule has 0 aromatic heterocycles. The molecule has 1 heterocycles. The van der Waals surface area contributed by atoms with Crippen molar-refractivity contribution in [3.63, 3.8) is 0 Å². The minimum atomic E-state index is 0. The van der Waals surface area contributed by atoms with Gasteiger partial charge in [-0.1, -0.05) is 13.8 Å². The molecule has 0 aliphatic carbocycles. The normalized spacial score (nSPS) is 22.9. The zero-order valence-corrected chi connectivity index (χ0v) is 10.5.